The van der Waals surface area contributed by atoms with E-state index in [1.165, 1.54) is 0 Å². The minimum atomic E-state index is 0.0994. The van der Waals surface area contributed by atoms with Gasteiger partial charge in [-0.05, 0) is 5.41 Å². The molecule has 4 rings (SSSR count). The number of nitrogens with two attached hydrogens (primary N) is 1. The molecule has 3 aromatic rings. The first-order valence-corrected chi connectivity index (χ1v) is 9.04. The molecule has 0 unspecified atom stereocenters. The van der Waals surface area contributed by atoms with Gasteiger partial charge in [-0.15, -0.1) is 0 Å². The van der Waals surface area contributed by atoms with E-state index in [0.29, 0.717) is 24.9 Å². The van der Waals surface area contributed by atoms with E-state index in [9.17, 15) is 0 Å². The number of nitrogens with zero attached hydrogens (tertiary/aromatic N) is 7. The van der Waals surface area contributed by atoms with Gasteiger partial charge in [0.15, 0.2) is 5.65 Å². The van der Waals surface area contributed by atoms with Crippen molar-refractivity contribution in [3.05, 3.63) is 18.7 Å². The predicted octanol–water partition coefficient (Wildman–Crippen LogP) is 1.75. The van der Waals surface area contributed by atoms with Crippen LogP contribution in [0.4, 0.5) is 11.9 Å². The van der Waals surface area contributed by atoms with Crippen molar-refractivity contribution in [3.8, 4) is 11.3 Å². The molecule has 27 heavy (non-hydrogen) atoms. The zero-order chi connectivity index (χ0) is 19.0. The number of nitrogen functional groups attached to an aromatic ring is 1. The molecule has 0 saturated carbocycles. The normalized spacial score (nSPS) is 15.4. The summed E-state index contributed by atoms with van der Waals surface area (Å²) in [6.07, 6.45) is 5.18. The third-order valence-electron chi connectivity index (χ3n) is 4.34. The molecule has 3 aromatic heterocycles. The van der Waals surface area contributed by atoms with Gasteiger partial charge in [0.2, 0.25) is 11.9 Å². The lowest BCUT2D eigenvalue weighted by atomic mass is 9.97. The van der Waals surface area contributed by atoms with Gasteiger partial charge in [-0.3, -0.25) is 0 Å². The van der Waals surface area contributed by atoms with Crippen LogP contribution in [0.15, 0.2) is 18.7 Å². The van der Waals surface area contributed by atoms with Crippen molar-refractivity contribution < 1.29 is 4.74 Å². The highest BCUT2D eigenvalue weighted by atomic mass is 16.5. The van der Waals surface area contributed by atoms with Gasteiger partial charge in [-0.1, -0.05) is 20.8 Å². The van der Waals surface area contributed by atoms with Crippen LogP contribution in [0, 0.1) is 5.41 Å². The van der Waals surface area contributed by atoms with Crippen molar-refractivity contribution >= 4 is 23.1 Å². The van der Waals surface area contributed by atoms with E-state index in [0.717, 1.165) is 36.4 Å². The lowest BCUT2D eigenvalue weighted by Gasteiger charge is -2.27. The smallest absolute Gasteiger partial charge is 0.228 e. The topological polar surface area (TPSA) is 108 Å². The van der Waals surface area contributed by atoms with Gasteiger partial charge < -0.3 is 19.9 Å². The summed E-state index contributed by atoms with van der Waals surface area (Å²) >= 11 is 0. The monoisotopic (exact) mass is 368 g/mol. The Morgan fingerprint density at radius 1 is 1.07 bits per heavy atom. The Hall–Kier alpha value is -2.81. The summed E-state index contributed by atoms with van der Waals surface area (Å²) in [6.45, 7) is 10.2. The molecule has 4 heterocycles. The van der Waals surface area contributed by atoms with E-state index >= 15 is 0 Å². The Morgan fingerprint density at radius 2 is 1.78 bits per heavy atom. The summed E-state index contributed by atoms with van der Waals surface area (Å²) < 4.78 is 7.55. The summed E-state index contributed by atoms with van der Waals surface area (Å²) in [7, 11) is 0. The third-order valence-corrected chi connectivity index (χ3v) is 4.34. The van der Waals surface area contributed by atoms with E-state index in [1.54, 1.807) is 12.4 Å². The summed E-state index contributed by atoms with van der Waals surface area (Å²) in [6, 6.07) is 0. The maximum absolute atomic E-state index is 5.64. The molecule has 2 N–H and O–H groups in total. The molecule has 142 valence electrons. The van der Waals surface area contributed by atoms with Crippen LogP contribution in [0.3, 0.4) is 0 Å². The third kappa shape index (κ3) is 3.68. The number of hydrogen-bond donors (Lipinski definition) is 1. The molecular weight excluding hydrogens is 344 g/mol. The Kier molecular flexibility index (Phi) is 4.39. The zero-order valence-corrected chi connectivity index (χ0v) is 15.9. The molecule has 0 aromatic carbocycles. The number of morpholine rings is 1. The molecule has 0 atom stereocenters. The number of ether oxygens (including phenoxy) is 1. The number of imidazole rings is 1. The molecule has 9 nitrogen and oxygen atoms in total. The van der Waals surface area contributed by atoms with E-state index in [1.807, 2.05) is 6.33 Å². The van der Waals surface area contributed by atoms with Gasteiger partial charge in [0.05, 0.1) is 19.5 Å². The number of fused-ring (bicyclic) bond motifs is 1. The SMILES string of the molecule is CC(C)(C)Cn1cnc2c(-c3cnc(N)nc3)nc(N3CCOCC3)nc21. The quantitative estimate of drug-likeness (QED) is 0.745. The van der Waals surface area contributed by atoms with Crippen molar-refractivity contribution in [2.24, 2.45) is 5.41 Å². The lowest BCUT2D eigenvalue weighted by Crippen LogP contribution is -2.37. The second-order valence-corrected chi connectivity index (χ2v) is 7.91. The first-order chi connectivity index (χ1) is 12.9. The van der Waals surface area contributed by atoms with Crippen LogP contribution in [0.2, 0.25) is 0 Å². The van der Waals surface area contributed by atoms with Gasteiger partial charge in [0.1, 0.15) is 11.2 Å². The van der Waals surface area contributed by atoms with E-state index in [-0.39, 0.29) is 11.4 Å². The first-order valence-electron chi connectivity index (χ1n) is 9.04. The Balaban J connectivity index is 1.87. The number of aromatic nitrogens is 6. The fraction of sp³-hybridized carbons (Fsp3) is 0.500. The fourth-order valence-corrected chi connectivity index (χ4v) is 3.13. The molecule has 0 radical (unpaired) electrons. The summed E-state index contributed by atoms with van der Waals surface area (Å²) in [5.41, 5.74) is 8.78. The highest BCUT2D eigenvalue weighted by Gasteiger charge is 2.22. The van der Waals surface area contributed by atoms with E-state index in [4.69, 9.17) is 20.4 Å². The molecule has 0 bridgehead atoms. The second kappa shape index (κ2) is 6.73. The van der Waals surface area contributed by atoms with Crippen molar-refractivity contribution in [2.45, 2.75) is 27.3 Å². The van der Waals surface area contributed by atoms with Gasteiger partial charge in [0, 0.05) is 37.6 Å². The highest BCUT2D eigenvalue weighted by Crippen LogP contribution is 2.28. The van der Waals surface area contributed by atoms with Crippen LogP contribution in [0.5, 0.6) is 0 Å². The molecule has 1 fully saturated rings. The van der Waals surface area contributed by atoms with Crippen LogP contribution >= 0.6 is 0 Å². The maximum Gasteiger partial charge on any atom is 0.228 e. The standard InChI is InChI=1S/C18H24N8O/c1-18(2,3)10-26-11-22-14-13(12-8-20-16(19)21-9-12)23-17(24-15(14)26)25-4-6-27-7-5-25/h8-9,11H,4-7,10H2,1-3H3,(H2,19,20,21). The fourth-order valence-electron chi connectivity index (χ4n) is 3.13. The average molecular weight is 368 g/mol. The van der Waals surface area contributed by atoms with Crippen LogP contribution in [-0.4, -0.2) is 55.8 Å². The van der Waals surface area contributed by atoms with E-state index < -0.39 is 0 Å². The van der Waals surface area contributed by atoms with Crippen LogP contribution in [0.1, 0.15) is 20.8 Å². The van der Waals surface area contributed by atoms with Gasteiger partial charge >= 0.3 is 0 Å². The first kappa shape index (κ1) is 17.6. The molecule has 9 heteroatoms. The Bertz CT molecular complexity index is 938. The van der Waals surface area contributed by atoms with E-state index in [2.05, 4.69) is 45.2 Å². The number of anilines is 2. The summed E-state index contributed by atoms with van der Waals surface area (Å²) in [5.74, 6) is 0.906. The lowest BCUT2D eigenvalue weighted by molar-refractivity contribution is 0.122. The molecule has 1 aliphatic rings. The Morgan fingerprint density at radius 3 is 2.44 bits per heavy atom. The summed E-state index contributed by atoms with van der Waals surface area (Å²) in [5, 5.41) is 0. The Labute approximate surface area is 157 Å². The molecular formula is C18H24N8O. The second-order valence-electron chi connectivity index (χ2n) is 7.91. The molecule has 0 aliphatic carbocycles. The molecule has 1 aliphatic heterocycles. The van der Waals surface area contributed by atoms with Gasteiger partial charge in [-0.25, -0.2) is 19.9 Å². The minimum Gasteiger partial charge on any atom is -0.378 e. The molecule has 0 amide bonds. The molecule has 1 saturated heterocycles. The number of rotatable bonds is 3. The van der Waals surface area contributed by atoms with Crippen molar-refractivity contribution in [1.82, 2.24) is 29.5 Å². The number of hydrogen-bond acceptors (Lipinski definition) is 8. The average Bonchev–Trinajstić information content (AvgIpc) is 3.03. The van der Waals surface area contributed by atoms with Crippen LogP contribution in [-0.2, 0) is 11.3 Å². The van der Waals surface area contributed by atoms with Crippen LogP contribution in [0.25, 0.3) is 22.4 Å². The summed E-state index contributed by atoms with van der Waals surface area (Å²) in [4.78, 5) is 24.6. The largest absolute Gasteiger partial charge is 0.378 e. The molecule has 0 spiro atoms. The predicted molar refractivity (Wildman–Crippen MR) is 103 cm³/mol. The van der Waals surface area contributed by atoms with Crippen molar-refractivity contribution in [3.63, 3.8) is 0 Å². The maximum atomic E-state index is 5.64. The van der Waals surface area contributed by atoms with Crippen LogP contribution < -0.4 is 10.6 Å². The van der Waals surface area contributed by atoms with Crippen molar-refractivity contribution in [2.75, 3.05) is 36.9 Å². The van der Waals surface area contributed by atoms with Gasteiger partial charge in [-0.2, -0.15) is 4.98 Å². The zero-order valence-electron chi connectivity index (χ0n) is 15.9. The minimum absolute atomic E-state index is 0.0994. The highest BCUT2D eigenvalue weighted by molar-refractivity contribution is 5.88. The van der Waals surface area contributed by atoms with Gasteiger partial charge in [0.25, 0.3) is 0 Å². The van der Waals surface area contributed by atoms with Crippen molar-refractivity contribution in [1.29, 1.82) is 0 Å².